The van der Waals surface area contributed by atoms with Gasteiger partial charge >= 0.3 is 0 Å². The second-order valence-electron chi connectivity index (χ2n) is 4.97. The highest BCUT2D eigenvalue weighted by Crippen LogP contribution is 2.32. The van der Waals surface area contributed by atoms with Crippen LogP contribution < -0.4 is 0 Å². The van der Waals surface area contributed by atoms with Crippen molar-refractivity contribution < 1.29 is 0 Å². The van der Waals surface area contributed by atoms with E-state index in [0.29, 0.717) is 6.04 Å². The SMILES string of the molecule is CN(C)[C@H]1Cc2c[nH]c3ccc(C#N)c(c23)C1. The molecule has 86 valence electrons. The number of aromatic nitrogens is 1. The summed E-state index contributed by atoms with van der Waals surface area (Å²) in [4.78, 5) is 5.55. The number of nitrogens with zero attached hydrogens (tertiary/aromatic N) is 2. The van der Waals surface area contributed by atoms with Crippen LogP contribution in [0.4, 0.5) is 0 Å². The van der Waals surface area contributed by atoms with Gasteiger partial charge in [-0.25, -0.2) is 0 Å². The van der Waals surface area contributed by atoms with Crippen molar-refractivity contribution in [3.63, 3.8) is 0 Å². The molecule has 1 aliphatic carbocycles. The van der Waals surface area contributed by atoms with Crippen LogP contribution >= 0.6 is 0 Å². The molecular weight excluding hydrogens is 210 g/mol. The monoisotopic (exact) mass is 225 g/mol. The number of hydrogen-bond donors (Lipinski definition) is 1. The van der Waals surface area contributed by atoms with Crippen molar-refractivity contribution in [2.24, 2.45) is 0 Å². The number of rotatable bonds is 1. The summed E-state index contributed by atoms with van der Waals surface area (Å²) >= 11 is 0. The summed E-state index contributed by atoms with van der Waals surface area (Å²) in [6.07, 6.45) is 4.12. The summed E-state index contributed by atoms with van der Waals surface area (Å²) in [6.45, 7) is 0. The molecule has 0 bridgehead atoms. The largest absolute Gasteiger partial charge is 0.361 e. The maximum absolute atomic E-state index is 9.21. The molecule has 1 heterocycles. The predicted molar refractivity (Wildman–Crippen MR) is 67.9 cm³/mol. The molecule has 1 atom stereocenters. The van der Waals surface area contributed by atoms with Gasteiger partial charge in [0.15, 0.2) is 0 Å². The molecule has 1 aliphatic rings. The van der Waals surface area contributed by atoms with Crippen molar-refractivity contribution in [1.82, 2.24) is 9.88 Å². The molecule has 3 nitrogen and oxygen atoms in total. The van der Waals surface area contributed by atoms with Gasteiger partial charge in [-0.05, 0) is 50.2 Å². The first-order valence-electron chi connectivity index (χ1n) is 5.89. The van der Waals surface area contributed by atoms with E-state index >= 15 is 0 Å². The average molecular weight is 225 g/mol. The molecule has 1 aromatic heterocycles. The minimum atomic E-state index is 0.496. The van der Waals surface area contributed by atoms with Gasteiger partial charge in [0.2, 0.25) is 0 Å². The summed E-state index contributed by atoms with van der Waals surface area (Å²) in [6, 6.07) is 6.75. The van der Waals surface area contributed by atoms with Crippen LogP contribution in [-0.2, 0) is 12.8 Å². The van der Waals surface area contributed by atoms with Gasteiger partial charge in [-0.3, -0.25) is 0 Å². The topological polar surface area (TPSA) is 42.8 Å². The van der Waals surface area contributed by atoms with Crippen LogP contribution in [0.5, 0.6) is 0 Å². The minimum absolute atomic E-state index is 0.496. The summed E-state index contributed by atoms with van der Waals surface area (Å²) in [7, 11) is 4.21. The predicted octanol–water partition coefficient (Wildman–Crippen LogP) is 2.07. The molecule has 17 heavy (non-hydrogen) atoms. The number of likely N-dealkylation sites (N-methyl/N-ethyl adjacent to an activating group) is 1. The molecule has 1 aromatic carbocycles. The lowest BCUT2D eigenvalue weighted by Gasteiger charge is -2.28. The fourth-order valence-electron chi connectivity index (χ4n) is 2.78. The van der Waals surface area contributed by atoms with Crippen molar-refractivity contribution in [3.8, 4) is 6.07 Å². The standard InChI is InChI=1S/C14H15N3/c1-17(2)11-5-10-8-16-13-4-3-9(7-15)12(6-11)14(10)13/h3-4,8,11,16H,5-6H2,1-2H3/t11-/m0/s1. The maximum Gasteiger partial charge on any atom is 0.0994 e. The van der Waals surface area contributed by atoms with E-state index in [1.54, 1.807) is 0 Å². The molecule has 0 radical (unpaired) electrons. The first kappa shape index (κ1) is 10.4. The summed E-state index contributed by atoms with van der Waals surface area (Å²) in [5, 5.41) is 10.5. The second-order valence-corrected chi connectivity index (χ2v) is 4.97. The Balaban J connectivity index is 2.24. The molecule has 0 amide bonds. The zero-order valence-corrected chi connectivity index (χ0v) is 10.1. The molecule has 3 heteroatoms. The fourth-order valence-corrected chi connectivity index (χ4v) is 2.78. The Labute approximate surface area is 101 Å². The lowest BCUT2D eigenvalue weighted by atomic mass is 9.86. The van der Waals surface area contributed by atoms with Crippen molar-refractivity contribution in [2.45, 2.75) is 18.9 Å². The lowest BCUT2D eigenvalue weighted by molar-refractivity contribution is 0.287. The quantitative estimate of drug-likeness (QED) is 0.807. The van der Waals surface area contributed by atoms with Crippen LogP contribution in [-0.4, -0.2) is 30.0 Å². The first-order valence-corrected chi connectivity index (χ1v) is 5.89. The normalized spacial score (nSPS) is 18.6. The van der Waals surface area contributed by atoms with E-state index in [2.05, 4.69) is 36.2 Å². The van der Waals surface area contributed by atoms with E-state index < -0.39 is 0 Å². The highest BCUT2D eigenvalue weighted by atomic mass is 15.1. The number of H-pyrrole nitrogens is 1. The van der Waals surface area contributed by atoms with E-state index in [9.17, 15) is 5.26 Å². The smallest absolute Gasteiger partial charge is 0.0994 e. The maximum atomic E-state index is 9.21. The third-order valence-electron chi connectivity index (χ3n) is 3.78. The molecule has 3 rings (SSSR count). The van der Waals surface area contributed by atoms with E-state index in [4.69, 9.17) is 0 Å². The Hall–Kier alpha value is -1.79. The van der Waals surface area contributed by atoms with Crippen molar-refractivity contribution in [1.29, 1.82) is 5.26 Å². The molecule has 0 spiro atoms. The van der Waals surface area contributed by atoms with Crippen molar-refractivity contribution in [3.05, 3.63) is 35.0 Å². The Morgan fingerprint density at radius 2 is 2.18 bits per heavy atom. The highest BCUT2D eigenvalue weighted by molar-refractivity contribution is 5.89. The van der Waals surface area contributed by atoms with E-state index in [1.165, 1.54) is 16.5 Å². The third kappa shape index (κ3) is 1.45. The van der Waals surface area contributed by atoms with Crippen LogP contribution in [0.1, 0.15) is 16.7 Å². The van der Waals surface area contributed by atoms with Gasteiger partial charge in [0.25, 0.3) is 0 Å². The van der Waals surface area contributed by atoms with Crippen LogP contribution in [0, 0.1) is 11.3 Å². The van der Waals surface area contributed by atoms with Crippen molar-refractivity contribution in [2.75, 3.05) is 14.1 Å². The third-order valence-corrected chi connectivity index (χ3v) is 3.78. The summed E-state index contributed by atoms with van der Waals surface area (Å²) < 4.78 is 0. The number of nitriles is 1. The fraction of sp³-hybridized carbons (Fsp3) is 0.357. The Morgan fingerprint density at radius 3 is 2.88 bits per heavy atom. The molecule has 1 N–H and O–H groups in total. The van der Waals surface area contributed by atoms with Crippen LogP contribution in [0.25, 0.3) is 10.9 Å². The van der Waals surface area contributed by atoms with Gasteiger partial charge in [-0.1, -0.05) is 0 Å². The highest BCUT2D eigenvalue weighted by Gasteiger charge is 2.25. The van der Waals surface area contributed by atoms with Gasteiger partial charge < -0.3 is 9.88 Å². The van der Waals surface area contributed by atoms with Gasteiger partial charge in [0.1, 0.15) is 0 Å². The van der Waals surface area contributed by atoms with Crippen LogP contribution in [0.15, 0.2) is 18.3 Å². The molecular formula is C14H15N3. The molecule has 0 saturated heterocycles. The van der Waals surface area contributed by atoms with E-state index in [-0.39, 0.29) is 0 Å². The molecule has 0 aliphatic heterocycles. The van der Waals surface area contributed by atoms with Crippen LogP contribution in [0.3, 0.4) is 0 Å². The average Bonchev–Trinajstić information content (AvgIpc) is 2.74. The molecule has 0 unspecified atom stereocenters. The van der Waals surface area contributed by atoms with E-state index in [0.717, 1.165) is 23.9 Å². The van der Waals surface area contributed by atoms with Gasteiger partial charge in [0, 0.05) is 23.1 Å². The molecule has 0 fully saturated rings. The van der Waals surface area contributed by atoms with Crippen molar-refractivity contribution >= 4 is 10.9 Å². The number of benzene rings is 1. The van der Waals surface area contributed by atoms with E-state index in [1.807, 2.05) is 12.1 Å². The Bertz CT molecular complexity index is 616. The molecule has 0 saturated carbocycles. The zero-order chi connectivity index (χ0) is 12.0. The lowest BCUT2D eigenvalue weighted by Crippen LogP contribution is -2.34. The van der Waals surface area contributed by atoms with Gasteiger partial charge in [-0.15, -0.1) is 0 Å². The first-order chi connectivity index (χ1) is 8.20. The number of hydrogen-bond acceptors (Lipinski definition) is 2. The molecule has 2 aromatic rings. The zero-order valence-electron chi connectivity index (χ0n) is 10.1. The summed E-state index contributed by atoms with van der Waals surface area (Å²) in [5.41, 5.74) is 4.54. The second kappa shape index (κ2) is 3.61. The van der Waals surface area contributed by atoms with Gasteiger partial charge in [-0.2, -0.15) is 5.26 Å². The minimum Gasteiger partial charge on any atom is -0.361 e. The Kier molecular flexibility index (Phi) is 2.20. The van der Waals surface area contributed by atoms with Crippen LogP contribution in [0.2, 0.25) is 0 Å². The Morgan fingerprint density at radius 1 is 1.35 bits per heavy atom. The number of aromatic amines is 1. The summed E-state index contributed by atoms with van der Waals surface area (Å²) in [5.74, 6) is 0. The van der Waals surface area contributed by atoms with Gasteiger partial charge in [0.05, 0.1) is 11.6 Å². The number of nitrogens with one attached hydrogen (secondary N) is 1.